The third-order valence-electron chi connectivity index (χ3n) is 17.4. The highest BCUT2D eigenvalue weighted by Gasteiger charge is 2.47. The maximum absolute atomic E-state index is 11.6. The molecule has 7 heteroatoms. The molecule has 0 saturated heterocycles. The van der Waals surface area contributed by atoms with Crippen LogP contribution in [-0.4, -0.2) is 15.8 Å². The fourth-order valence-electron chi connectivity index (χ4n) is 13.4. The zero-order chi connectivity index (χ0) is 81.0. The fourth-order valence-corrected chi connectivity index (χ4v) is 13.4. The average molecular weight is 1200 g/mol. The number of para-hydroxylation sites is 4. The van der Waals surface area contributed by atoms with Crippen LogP contribution >= 0.6 is 0 Å². The van der Waals surface area contributed by atoms with Crippen LogP contribution in [0, 0.1) is 24.8 Å². The van der Waals surface area contributed by atoms with E-state index >= 15 is 0 Å². The molecule has 0 unspecified atom stereocenters. The van der Waals surface area contributed by atoms with Gasteiger partial charge >= 0.3 is 0 Å². The molecule has 0 amide bonds. The van der Waals surface area contributed by atoms with Crippen molar-refractivity contribution in [3.05, 3.63) is 313 Å². The molecule has 2 aliphatic rings. The van der Waals surface area contributed by atoms with Gasteiger partial charge < -0.3 is 18.9 Å². The number of hydrogen-bond donors (Lipinski definition) is 0. The van der Waals surface area contributed by atoms with Crippen LogP contribution < -0.4 is 26.2 Å². The summed E-state index contributed by atoms with van der Waals surface area (Å²) in [5.74, 6) is 0. The molecule has 0 spiro atoms. The number of hydrogen-bond acceptors (Lipinski definition) is 3. The Bertz CT molecular complexity index is 6780. The highest BCUT2D eigenvalue weighted by atomic mass is 15.2. The second-order valence-electron chi connectivity index (χ2n) is 23.6. The zero-order valence-corrected chi connectivity index (χ0v) is 49.4. The first-order valence-electron chi connectivity index (χ1n) is 40.8. The van der Waals surface area contributed by atoms with Crippen LogP contribution in [0.25, 0.3) is 104 Å². The Hall–Kier alpha value is -11.9. The van der Waals surface area contributed by atoms with E-state index in [4.69, 9.17) is 9.31 Å². The molecule has 432 valence electrons. The maximum Gasteiger partial charge on any atom is 0.252 e. The summed E-state index contributed by atoms with van der Waals surface area (Å²) in [6, 6.07) is 38.6. The summed E-state index contributed by atoms with van der Waals surface area (Å²) in [4.78, 5) is 6.96. The smallest absolute Gasteiger partial charge is 0.252 e. The lowest BCUT2D eigenvalue weighted by Gasteiger charge is -2.47. The SMILES string of the molecule is [2H]c1c([2H])c(-n2c3c([2H])c([2H])c([2H])c([2H])c3c3c([2H])c(C#N)c([2H])c([2H])c32)c([2H])c2c1B1c3c(cc(C(C)(C)C)cc3N(c3c(-c4ccccc4)cccc3-c3ccccc3)c3c([2H])c(-n4c5c([2H])c([2H])c([2H])c([2H])c5c5c([2H])c([N+]#[C-])c([2H])c([2H])c54)c([2H])c(C([2H])([2H])[2H])c31)N2c1c(-c2ccccc2)cccc1-c1ccccc1. The minimum absolute atomic E-state index is 0.189. The molecule has 0 aliphatic carbocycles. The van der Waals surface area contributed by atoms with Gasteiger partial charge in [-0.25, -0.2) is 4.85 Å². The third kappa shape index (κ3) is 8.40. The number of benzene rings is 13. The fraction of sp³-hybridized carbons (Fsp3) is 0.0588. The van der Waals surface area contributed by atoms with Gasteiger partial charge in [0.25, 0.3) is 6.71 Å². The summed E-state index contributed by atoms with van der Waals surface area (Å²) in [6.45, 7) is 8.68. The van der Waals surface area contributed by atoms with E-state index in [2.05, 4.69) is 4.85 Å². The van der Waals surface area contributed by atoms with Gasteiger partial charge in [-0.05, 0) is 140 Å². The van der Waals surface area contributed by atoms with Crippen molar-refractivity contribution in [2.75, 3.05) is 9.80 Å². The summed E-state index contributed by atoms with van der Waals surface area (Å²) >= 11 is 0. The van der Waals surface area contributed by atoms with Crippen LogP contribution in [0.3, 0.4) is 0 Å². The van der Waals surface area contributed by atoms with E-state index in [9.17, 15) is 32.7 Å². The molecule has 6 nitrogen and oxygen atoms in total. The lowest BCUT2D eigenvalue weighted by atomic mass is 9.32. The Labute approximate surface area is 566 Å². The Morgan fingerprint density at radius 2 is 0.924 bits per heavy atom. The van der Waals surface area contributed by atoms with Gasteiger partial charge in [-0.1, -0.05) is 232 Å². The molecule has 92 heavy (non-hydrogen) atoms. The van der Waals surface area contributed by atoms with Gasteiger partial charge in [0, 0.05) is 79.4 Å². The topological polar surface area (TPSA) is 44.5 Å². The van der Waals surface area contributed by atoms with E-state index in [1.165, 1.54) is 0 Å². The van der Waals surface area contributed by atoms with Crippen molar-refractivity contribution in [2.24, 2.45) is 0 Å². The van der Waals surface area contributed by atoms with Crippen LogP contribution in [0.2, 0.25) is 0 Å². The molecule has 2 aromatic heterocycles. The van der Waals surface area contributed by atoms with Crippen LogP contribution in [0.4, 0.5) is 39.8 Å². The number of nitriles is 1. The first-order chi connectivity index (χ1) is 54.3. The number of anilines is 6. The third-order valence-corrected chi connectivity index (χ3v) is 17.4. The Balaban J connectivity index is 1.18. The van der Waals surface area contributed by atoms with E-state index in [0.717, 1.165) is 9.13 Å². The quantitative estimate of drug-likeness (QED) is 0.112. The van der Waals surface area contributed by atoms with E-state index in [1.807, 2.05) is 197 Å². The first kappa shape index (κ1) is 35.9. The summed E-state index contributed by atoms with van der Waals surface area (Å²) in [6.07, 6.45) is 0. The highest BCUT2D eigenvalue weighted by Crippen LogP contribution is 2.54. The Kier molecular flexibility index (Phi) is 8.26. The van der Waals surface area contributed by atoms with Gasteiger partial charge in [0.15, 0.2) is 5.69 Å². The van der Waals surface area contributed by atoms with Crippen molar-refractivity contribution >= 4 is 107 Å². The second-order valence-corrected chi connectivity index (χ2v) is 23.6. The molecule has 13 aromatic carbocycles. The van der Waals surface area contributed by atoms with E-state index < -0.39 is 206 Å². The van der Waals surface area contributed by atoms with Crippen molar-refractivity contribution in [3.63, 3.8) is 0 Å². The molecule has 2 aliphatic heterocycles. The second kappa shape index (κ2) is 21.1. The Morgan fingerprint density at radius 1 is 0.457 bits per heavy atom. The predicted molar refractivity (Wildman–Crippen MR) is 385 cm³/mol. The van der Waals surface area contributed by atoms with Crippen molar-refractivity contribution in [1.82, 2.24) is 9.13 Å². The van der Waals surface area contributed by atoms with Gasteiger partial charge in [0.1, 0.15) is 0 Å². The molecule has 0 saturated carbocycles. The molecule has 15 aromatic rings. The van der Waals surface area contributed by atoms with Crippen molar-refractivity contribution < 1.29 is 30.2 Å². The van der Waals surface area contributed by atoms with E-state index in [0.29, 0.717) is 61.4 Å². The van der Waals surface area contributed by atoms with Crippen LogP contribution in [0.15, 0.2) is 285 Å². The molecule has 0 fully saturated rings. The number of fused-ring (bicyclic) bond motifs is 10. The van der Waals surface area contributed by atoms with Gasteiger partial charge in [-0.2, -0.15) is 5.26 Å². The first-order valence-corrected chi connectivity index (χ1v) is 29.8. The number of nitrogens with zero attached hydrogens (tertiary/aromatic N) is 6. The lowest BCUT2D eigenvalue weighted by molar-refractivity contribution is 0.590. The van der Waals surface area contributed by atoms with Crippen LogP contribution in [0.5, 0.6) is 0 Å². The molecule has 0 bridgehead atoms. The van der Waals surface area contributed by atoms with Crippen molar-refractivity contribution in [3.8, 4) is 62.0 Å². The van der Waals surface area contributed by atoms with Gasteiger partial charge in [0.05, 0.1) is 74.9 Å². The molecule has 4 heterocycles. The average Bonchev–Trinajstić information content (AvgIpc) is 0.964. The zero-order valence-electron chi connectivity index (χ0n) is 71.4. The summed E-state index contributed by atoms with van der Waals surface area (Å²) in [5, 5.41) is 8.91. The molecule has 0 radical (unpaired) electrons. The van der Waals surface area contributed by atoms with Crippen molar-refractivity contribution in [1.29, 1.82) is 5.26 Å². The van der Waals surface area contributed by atoms with Crippen molar-refractivity contribution in [2.45, 2.75) is 33.0 Å². The normalized spacial score (nSPS) is 16.0. The Morgan fingerprint density at radius 3 is 1.42 bits per heavy atom. The monoisotopic (exact) mass is 1200 g/mol. The predicted octanol–water partition coefficient (Wildman–Crippen LogP) is 20.7. The molecular weight excluding hydrogens is 1120 g/mol. The van der Waals surface area contributed by atoms with E-state index in [1.54, 1.807) is 9.80 Å². The van der Waals surface area contributed by atoms with Crippen LogP contribution in [-0.2, 0) is 5.41 Å². The van der Waals surface area contributed by atoms with E-state index in [-0.39, 0.29) is 39.1 Å². The summed E-state index contributed by atoms with van der Waals surface area (Å²) < 4.78 is 222. The van der Waals surface area contributed by atoms with Gasteiger partial charge in [0.2, 0.25) is 0 Å². The minimum Gasteiger partial charge on any atom is -0.310 e. The summed E-state index contributed by atoms with van der Waals surface area (Å²) in [5.41, 5.74) is -1.54. The number of aromatic nitrogens is 2. The molecular formula is C85H59BN6. The molecule has 0 N–H and O–H groups in total. The maximum atomic E-state index is 11.6. The minimum atomic E-state index is -3.58. The molecule has 17 rings (SSSR count). The van der Waals surface area contributed by atoms with Crippen LogP contribution in [0.1, 0.15) is 67.6 Å². The number of rotatable bonds is 8. The van der Waals surface area contributed by atoms with Gasteiger partial charge in [-0.15, -0.1) is 0 Å². The molecule has 0 atom stereocenters. The largest absolute Gasteiger partial charge is 0.310 e. The lowest BCUT2D eigenvalue weighted by Crippen LogP contribution is -2.62. The highest BCUT2D eigenvalue weighted by molar-refractivity contribution is 7.00. The summed E-state index contributed by atoms with van der Waals surface area (Å²) in [7, 11) is 0. The standard InChI is InChI=1S/C85H59BN6/c1-54-46-63(90-74-39-21-19-33-69(74)71-50-61(88-5)41-45-76(71)90)52-80-81(54)86-72-43-42-62(89-73-38-20-18-32-68(73)70-47-55(53-87)40-44-75(70)89)51-77(72)91(83-64(56-24-10-6-11-25-56)34-22-35-65(83)57-26-12-7-13-27-57)78-48-60(85(2,3)4)49-79(82(78)86)92(80)84-66(58-28-14-8-15-29-58)36-23-37-67(84)59-30-16-9-17-31-59/h6-52H,1-4H3/i1D3,18D,19D,20D,21D,32D,33D,38D,39D,40D,41D,42D,43D,44D,45D,46D,47D,50D,51D,52D. The van der Waals surface area contributed by atoms with Gasteiger partial charge in [-0.3, -0.25) is 0 Å².